The third kappa shape index (κ3) is 3.67. The highest BCUT2D eigenvalue weighted by Gasteiger charge is 2.28. The maximum Gasteiger partial charge on any atom is 0.338 e. The number of esters is 1. The SMILES string of the molecule is CCOC(=O)C(O)C(O)c1ccc(Cl)cc1Br. The van der Waals surface area contributed by atoms with Gasteiger partial charge in [0.15, 0.2) is 6.10 Å². The Bertz CT molecular complexity index is 410. The maximum absolute atomic E-state index is 11.3. The number of rotatable bonds is 4. The molecule has 2 unspecified atom stereocenters. The second-order valence-corrected chi connectivity index (χ2v) is 4.60. The largest absolute Gasteiger partial charge is 0.464 e. The number of hydrogen-bond acceptors (Lipinski definition) is 4. The summed E-state index contributed by atoms with van der Waals surface area (Å²) in [7, 11) is 0. The summed E-state index contributed by atoms with van der Waals surface area (Å²) in [5.41, 5.74) is 0.370. The lowest BCUT2D eigenvalue weighted by molar-refractivity contribution is -0.159. The van der Waals surface area contributed by atoms with E-state index in [1.165, 1.54) is 6.07 Å². The van der Waals surface area contributed by atoms with Crippen molar-refractivity contribution in [3.05, 3.63) is 33.3 Å². The fourth-order valence-electron chi connectivity index (χ4n) is 1.27. The van der Waals surface area contributed by atoms with Crippen molar-refractivity contribution in [2.75, 3.05) is 6.61 Å². The van der Waals surface area contributed by atoms with Gasteiger partial charge < -0.3 is 14.9 Å². The molecule has 1 aromatic rings. The van der Waals surface area contributed by atoms with Gasteiger partial charge in [0.1, 0.15) is 6.10 Å². The molecule has 1 rings (SSSR count). The molecule has 0 aliphatic rings. The molecule has 94 valence electrons. The molecule has 0 radical (unpaired) electrons. The topological polar surface area (TPSA) is 66.8 Å². The Labute approximate surface area is 112 Å². The van der Waals surface area contributed by atoms with Crippen LogP contribution in [0.15, 0.2) is 22.7 Å². The van der Waals surface area contributed by atoms with Crippen molar-refractivity contribution in [3.63, 3.8) is 0 Å². The van der Waals surface area contributed by atoms with Gasteiger partial charge in [0.2, 0.25) is 0 Å². The van der Waals surface area contributed by atoms with Gasteiger partial charge in [-0.25, -0.2) is 4.79 Å². The zero-order valence-electron chi connectivity index (χ0n) is 9.06. The van der Waals surface area contributed by atoms with Crippen LogP contribution in [0.3, 0.4) is 0 Å². The molecule has 6 heteroatoms. The average Bonchev–Trinajstić information content (AvgIpc) is 2.27. The predicted molar refractivity (Wildman–Crippen MR) is 66.8 cm³/mol. The summed E-state index contributed by atoms with van der Waals surface area (Å²) in [5.74, 6) is -0.859. The average molecular weight is 324 g/mol. The van der Waals surface area contributed by atoms with E-state index in [0.29, 0.717) is 15.1 Å². The number of aliphatic hydroxyl groups excluding tert-OH is 2. The van der Waals surface area contributed by atoms with Crippen molar-refractivity contribution >= 4 is 33.5 Å². The summed E-state index contributed by atoms with van der Waals surface area (Å²) in [5, 5.41) is 19.9. The Morgan fingerprint density at radius 1 is 1.53 bits per heavy atom. The van der Waals surface area contributed by atoms with Crippen LogP contribution in [0, 0.1) is 0 Å². The van der Waals surface area contributed by atoms with Gasteiger partial charge in [-0.2, -0.15) is 0 Å². The zero-order valence-corrected chi connectivity index (χ0v) is 11.4. The first kappa shape index (κ1) is 14.4. The van der Waals surface area contributed by atoms with Gasteiger partial charge in [0.25, 0.3) is 0 Å². The number of carbonyl (C=O) groups is 1. The fourth-order valence-corrected chi connectivity index (χ4v) is 2.19. The molecule has 2 atom stereocenters. The molecular formula is C11H12BrClO4. The maximum atomic E-state index is 11.3. The highest BCUT2D eigenvalue weighted by molar-refractivity contribution is 9.10. The quantitative estimate of drug-likeness (QED) is 0.832. The molecule has 2 N–H and O–H groups in total. The van der Waals surface area contributed by atoms with Gasteiger partial charge in [-0.1, -0.05) is 33.6 Å². The number of carbonyl (C=O) groups excluding carboxylic acids is 1. The molecule has 0 amide bonds. The number of hydrogen-bond donors (Lipinski definition) is 2. The van der Waals surface area contributed by atoms with Crippen LogP contribution in [0.2, 0.25) is 5.02 Å². The van der Waals surface area contributed by atoms with Crippen LogP contribution in [0.4, 0.5) is 0 Å². The fraction of sp³-hybridized carbons (Fsp3) is 0.364. The molecule has 0 spiro atoms. The normalized spacial score (nSPS) is 14.2. The van der Waals surface area contributed by atoms with Crippen molar-refractivity contribution in [3.8, 4) is 0 Å². The Hall–Kier alpha value is -0.620. The first-order valence-electron chi connectivity index (χ1n) is 4.95. The first-order chi connectivity index (χ1) is 7.97. The minimum Gasteiger partial charge on any atom is -0.464 e. The van der Waals surface area contributed by atoms with Crippen LogP contribution in [0.25, 0.3) is 0 Å². The second-order valence-electron chi connectivity index (χ2n) is 3.31. The Morgan fingerprint density at radius 2 is 2.18 bits per heavy atom. The van der Waals surface area contributed by atoms with E-state index in [2.05, 4.69) is 20.7 Å². The molecule has 17 heavy (non-hydrogen) atoms. The van der Waals surface area contributed by atoms with Crippen molar-refractivity contribution in [2.24, 2.45) is 0 Å². The van der Waals surface area contributed by atoms with E-state index in [9.17, 15) is 15.0 Å². The molecular weight excluding hydrogens is 311 g/mol. The number of ether oxygens (including phenoxy) is 1. The van der Waals surface area contributed by atoms with E-state index in [1.807, 2.05) is 0 Å². The van der Waals surface area contributed by atoms with E-state index in [4.69, 9.17) is 11.6 Å². The van der Waals surface area contributed by atoms with E-state index in [1.54, 1.807) is 19.1 Å². The lowest BCUT2D eigenvalue weighted by Crippen LogP contribution is -2.30. The van der Waals surface area contributed by atoms with E-state index in [0.717, 1.165) is 0 Å². The van der Waals surface area contributed by atoms with Gasteiger partial charge in [0.05, 0.1) is 6.61 Å². The highest BCUT2D eigenvalue weighted by Crippen LogP contribution is 2.28. The molecule has 0 bridgehead atoms. The Balaban J connectivity index is 2.88. The van der Waals surface area contributed by atoms with Crippen LogP contribution in [-0.2, 0) is 9.53 Å². The van der Waals surface area contributed by atoms with Crippen LogP contribution in [0.5, 0.6) is 0 Å². The summed E-state index contributed by atoms with van der Waals surface area (Å²) in [6.07, 6.45) is -2.98. The van der Waals surface area contributed by atoms with Crippen molar-refractivity contribution in [1.29, 1.82) is 0 Å². The third-order valence-corrected chi connectivity index (χ3v) is 3.03. The van der Waals surface area contributed by atoms with E-state index < -0.39 is 18.2 Å². The van der Waals surface area contributed by atoms with Crippen molar-refractivity contribution in [2.45, 2.75) is 19.1 Å². The molecule has 0 saturated carbocycles. The van der Waals surface area contributed by atoms with Crippen LogP contribution in [0.1, 0.15) is 18.6 Å². The lowest BCUT2D eigenvalue weighted by Gasteiger charge is -2.17. The summed E-state index contributed by atoms with van der Waals surface area (Å²) < 4.78 is 5.13. The molecule has 0 aromatic heterocycles. The summed E-state index contributed by atoms with van der Waals surface area (Å²) >= 11 is 8.94. The number of benzene rings is 1. The monoisotopic (exact) mass is 322 g/mol. The van der Waals surface area contributed by atoms with Gasteiger partial charge >= 0.3 is 5.97 Å². The minimum atomic E-state index is -1.62. The lowest BCUT2D eigenvalue weighted by atomic mass is 10.0. The van der Waals surface area contributed by atoms with Gasteiger partial charge in [-0.15, -0.1) is 0 Å². The second kappa shape index (κ2) is 6.35. The highest BCUT2D eigenvalue weighted by atomic mass is 79.9. The van der Waals surface area contributed by atoms with Gasteiger partial charge in [-0.3, -0.25) is 0 Å². The molecule has 0 aliphatic heterocycles. The number of aliphatic hydroxyl groups is 2. The van der Waals surface area contributed by atoms with E-state index >= 15 is 0 Å². The summed E-state index contributed by atoms with van der Waals surface area (Å²) in [4.78, 5) is 11.3. The number of halogens is 2. The van der Waals surface area contributed by atoms with E-state index in [-0.39, 0.29) is 6.61 Å². The van der Waals surface area contributed by atoms with Crippen molar-refractivity contribution < 1.29 is 19.7 Å². The smallest absolute Gasteiger partial charge is 0.338 e. The Kier molecular flexibility index (Phi) is 5.39. The van der Waals surface area contributed by atoms with Gasteiger partial charge in [-0.05, 0) is 24.6 Å². The Morgan fingerprint density at radius 3 is 2.71 bits per heavy atom. The predicted octanol–water partition coefficient (Wildman–Crippen LogP) is 2.06. The van der Waals surface area contributed by atoms with Crippen LogP contribution in [-0.4, -0.2) is 28.9 Å². The molecule has 0 fully saturated rings. The van der Waals surface area contributed by atoms with Crippen LogP contribution < -0.4 is 0 Å². The zero-order chi connectivity index (χ0) is 13.0. The van der Waals surface area contributed by atoms with Crippen LogP contribution >= 0.6 is 27.5 Å². The first-order valence-corrected chi connectivity index (χ1v) is 6.12. The third-order valence-electron chi connectivity index (χ3n) is 2.11. The molecule has 0 saturated heterocycles. The summed E-state index contributed by atoms with van der Waals surface area (Å²) in [6, 6.07) is 4.65. The standard InChI is InChI=1S/C11H12BrClO4/c1-2-17-11(16)10(15)9(14)7-4-3-6(13)5-8(7)12/h3-5,9-10,14-15H,2H2,1H3. The molecule has 1 aromatic carbocycles. The van der Waals surface area contributed by atoms with Gasteiger partial charge in [0, 0.05) is 9.50 Å². The molecule has 0 aliphatic carbocycles. The molecule has 0 heterocycles. The summed E-state index contributed by atoms with van der Waals surface area (Å²) in [6.45, 7) is 1.76. The minimum absolute atomic E-state index is 0.143. The van der Waals surface area contributed by atoms with Crippen molar-refractivity contribution in [1.82, 2.24) is 0 Å². The molecule has 4 nitrogen and oxygen atoms in total.